The molecule has 0 aliphatic rings. The third-order valence-corrected chi connectivity index (χ3v) is 1.71. The van der Waals surface area contributed by atoms with E-state index in [-0.39, 0.29) is 6.41 Å². The molecule has 0 heterocycles. The molecule has 0 aromatic rings. The van der Waals surface area contributed by atoms with Crippen LogP contribution in [0.1, 0.15) is 27.7 Å². The van der Waals surface area contributed by atoms with E-state index in [0.29, 0.717) is 19.3 Å². The molecule has 0 atom stereocenters. The van der Waals surface area contributed by atoms with E-state index in [1.165, 1.54) is 0 Å². The average molecular weight is 202 g/mol. The first kappa shape index (κ1) is 13.4. The van der Waals surface area contributed by atoms with Gasteiger partial charge in [0.15, 0.2) is 0 Å². The van der Waals surface area contributed by atoms with Crippen LogP contribution in [0, 0.1) is 0 Å². The van der Waals surface area contributed by atoms with E-state index in [2.05, 4.69) is 18.8 Å². The van der Waals surface area contributed by atoms with Crippen molar-refractivity contribution >= 4 is 6.34 Å². The number of ether oxygens (including phenoxy) is 2. The highest BCUT2D eigenvalue weighted by molar-refractivity contribution is 5.55. The van der Waals surface area contributed by atoms with Gasteiger partial charge in [0, 0.05) is 26.3 Å². The van der Waals surface area contributed by atoms with Crippen LogP contribution in [0.2, 0.25) is 0 Å². The normalized spacial score (nSPS) is 11.9. The molecule has 0 aliphatic carbocycles. The van der Waals surface area contributed by atoms with Crippen molar-refractivity contribution < 1.29 is 9.47 Å². The zero-order valence-corrected chi connectivity index (χ0v) is 9.86. The van der Waals surface area contributed by atoms with Crippen LogP contribution in [-0.2, 0) is 9.47 Å². The molecule has 84 valence electrons. The van der Waals surface area contributed by atoms with Gasteiger partial charge in [0.1, 0.15) is 0 Å². The van der Waals surface area contributed by atoms with Crippen LogP contribution >= 0.6 is 0 Å². The Morgan fingerprint density at radius 1 is 1.21 bits per heavy atom. The Balaban J connectivity index is 4.37. The molecule has 0 unspecified atom stereocenters. The summed E-state index contributed by atoms with van der Waals surface area (Å²) in [5.74, 6) is 0. The molecule has 0 saturated heterocycles. The molecule has 0 amide bonds. The molecule has 4 nitrogen and oxygen atoms in total. The van der Waals surface area contributed by atoms with Crippen LogP contribution in [-0.4, -0.2) is 44.0 Å². The van der Waals surface area contributed by atoms with E-state index in [4.69, 9.17) is 9.47 Å². The van der Waals surface area contributed by atoms with Crippen molar-refractivity contribution in [2.75, 3.05) is 20.3 Å². The first-order valence-electron chi connectivity index (χ1n) is 5.10. The number of hydrogen-bond acceptors (Lipinski definition) is 3. The highest BCUT2D eigenvalue weighted by Crippen LogP contribution is 2.06. The molecule has 0 radical (unpaired) electrons. The van der Waals surface area contributed by atoms with Gasteiger partial charge in [-0.25, -0.2) is 0 Å². The first-order chi connectivity index (χ1) is 6.67. The van der Waals surface area contributed by atoms with Gasteiger partial charge in [0.05, 0.1) is 6.34 Å². The summed E-state index contributed by atoms with van der Waals surface area (Å²) >= 11 is 0. The van der Waals surface area contributed by atoms with Gasteiger partial charge in [-0.1, -0.05) is 0 Å². The maximum absolute atomic E-state index is 5.47. The lowest BCUT2D eigenvalue weighted by Gasteiger charge is -2.31. The third-order valence-electron chi connectivity index (χ3n) is 1.71. The standard InChI is InChI=1S/C10H22N2O2/c1-6-13-10(14-7-2)12(8-11-5)9(3)4/h8-10H,6-7H2,1-5H3. The van der Waals surface area contributed by atoms with Gasteiger partial charge in [-0.2, -0.15) is 0 Å². The van der Waals surface area contributed by atoms with E-state index in [1.807, 2.05) is 18.7 Å². The predicted octanol–water partition coefficient (Wildman–Crippen LogP) is 1.71. The Hall–Kier alpha value is -0.610. The Kier molecular flexibility index (Phi) is 7.42. The fraction of sp³-hybridized carbons (Fsp3) is 0.900. The first-order valence-corrected chi connectivity index (χ1v) is 5.10. The van der Waals surface area contributed by atoms with Gasteiger partial charge in [-0.15, -0.1) is 0 Å². The van der Waals surface area contributed by atoms with Crippen LogP contribution < -0.4 is 0 Å². The number of rotatable bonds is 7. The Bertz CT molecular complexity index is 154. The average Bonchev–Trinajstić information content (AvgIpc) is 2.13. The van der Waals surface area contributed by atoms with Crippen molar-refractivity contribution in [3.63, 3.8) is 0 Å². The van der Waals surface area contributed by atoms with E-state index >= 15 is 0 Å². The lowest BCUT2D eigenvalue weighted by atomic mass is 10.4. The van der Waals surface area contributed by atoms with Crippen molar-refractivity contribution in [2.24, 2.45) is 4.99 Å². The highest BCUT2D eigenvalue weighted by Gasteiger charge is 2.18. The molecule has 0 fully saturated rings. The largest absolute Gasteiger partial charge is 0.335 e. The topological polar surface area (TPSA) is 34.1 Å². The molecule has 0 rings (SSSR count). The Morgan fingerprint density at radius 3 is 2.00 bits per heavy atom. The lowest BCUT2D eigenvalue weighted by Crippen LogP contribution is -2.43. The Morgan fingerprint density at radius 2 is 1.71 bits per heavy atom. The zero-order chi connectivity index (χ0) is 11.0. The monoisotopic (exact) mass is 202 g/mol. The van der Waals surface area contributed by atoms with Crippen molar-refractivity contribution in [1.82, 2.24) is 4.90 Å². The van der Waals surface area contributed by atoms with Gasteiger partial charge in [-0.05, 0) is 27.7 Å². The van der Waals surface area contributed by atoms with Gasteiger partial charge in [0.25, 0.3) is 0 Å². The van der Waals surface area contributed by atoms with Gasteiger partial charge < -0.3 is 14.4 Å². The predicted molar refractivity (Wildman–Crippen MR) is 58.4 cm³/mol. The SMILES string of the molecule is CCOC(OCC)N(C=NC)C(C)C. The summed E-state index contributed by atoms with van der Waals surface area (Å²) in [7, 11) is 1.74. The number of aliphatic imine (C=N–C) groups is 1. The summed E-state index contributed by atoms with van der Waals surface area (Å²) in [4.78, 5) is 5.93. The minimum Gasteiger partial charge on any atom is -0.335 e. The highest BCUT2D eigenvalue weighted by atomic mass is 16.7. The van der Waals surface area contributed by atoms with E-state index in [0.717, 1.165) is 0 Å². The second kappa shape index (κ2) is 7.76. The fourth-order valence-corrected chi connectivity index (χ4v) is 1.07. The minimum absolute atomic E-state index is 0.307. The smallest absolute Gasteiger partial charge is 0.241 e. The van der Waals surface area contributed by atoms with Crippen LogP contribution in [0.15, 0.2) is 4.99 Å². The summed E-state index contributed by atoms with van der Waals surface area (Å²) in [6.07, 6.45) is 1.43. The molecule has 0 bridgehead atoms. The minimum atomic E-state index is -0.325. The maximum Gasteiger partial charge on any atom is 0.241 e. The molecule has 4 heteroatoms. The molecule has 0 aromatic heterocycles. The van der Waals surface area contributed by atoms with Crippen LogP contribution in [0.5, 0.6) is 0 Å². The fourth-order valence-electron chi connectivity index (χ4n) is 1.07. The summed E-state index contributed by atoms with van der Waals surface area (Å²) in [5, 5.41) is 0. The van der Waals surface area contributed by atoms with Gasteiger partial charge in [-0.3, -0.25) is 4.99 Å². The molecule has 0 N–H and O–H groups in total. The van der Waals surface area contributed by atoms with Crippen molar-refractivity contribution in [1.29, 1.82) is 0 Å². The van der Waals surface area contributed by atoms with Crippen LogP contribution in [0.4, 0.5) is 0 Å². The van der Waals surface area contributed by atoms with Gasteiger partial charge >= 0.3 is 0 Å². The molecule has 14 heavy (non-hydrogen) atoms. The van der Waals surface area contributed by atoms with Crippen LogP contribution in [0.3, 0.4) is 0 Å². The summed E-state index contributed by atoms with van der Waals surface area (Å²) < 4.78 is 10.9. The van der Waals surface area contributed by atoms with E-state index < -0.39 is 0 Å². The second-order valence-electron chi connectivity index (χ2n) is 3.13. The summed E-state index contributed by atoms with van der Waals surface area (Å²) in [6.45, 7) is 9.32. The molecular formula is C10H22N2O2. The third kappa shape index (κ3) is 4.58. The molecular weight excluding hydrogens is 180 g/mol. The van der Waals surface area contributed by atoms with Crippen molar-refractivity contribution in [3.8, 4) is 0 Å². The number of hydrogen-bond donors (Lipinski definition) is 0. The second-order valence-corrected chi connectivity index (χ2v) is 3.13. The number of nitrogens with zero attached hydrogens (tertiary/aromatic N) is 2. The summed E-state index contributed by atoms with van der Waals surface area (Å²) in [6, 6.07) is 0.307. The molecule has 0 aliphatic heterocycles. The van der Waals surface area contributed by atoms with E-state index in [9.17, 15) is 0 Å². The zero-order valence-electron chi connectivity index (χ0n) is 9.86. The molecule has 0 aromatic carbocycles. The maximum atomic E-state index is 5.47. The molecule has 0 spiro atoms. The van der Waals surface area contributed by atoms with Crippen molar-refractivity contribution in [3.05, 3.63) is 0 Å². The molecule has 0 saturated carbocycles. The quantitative estimate of drug-likeness (QED) is 0.358. The van der Waals surface area contributed by atoms with E-state index in [1.54, 1.807) is 13.4 Å². The Labute approximate surface area is 86.9 Å². The summed E-state index contributed by atoms with van der Waals surface area (Å²) in [5.41, 5.74) is 0. The van der Waals surface area contributed by atoms with Crippen LogP contribution in [0.25, 0.3) is 0 Å². The lowest BCUT2D eigenvalue weighted by molar-refractivity contribution is -0.203. The van der Waals surface area contributed by atoms with Gasteiger partial charge in [0.2, 0.25) is 6.41 Å². The van der Waals surface area contributed by atoms with Crippen molar-refractivity contribution in [2.45, 2.75) is 40.2 Å².